The molecule has 29 heavy (non-hydrogen) atoms. The number of likely N-dealkylation sites (N-methyl/N-ethyl adjacent to an activating group) is 1. The number of likely N-dealkylation sites (tertiary alicyclic amines) is 1. The van der Waals surface area contributed by atoms with E-state index in [4.69, 9.17) is 4.74 Å². The molecule has 10 heteroatoms. The van der Waals surface area contributed by atoms with Crippen LogP contribution in [0.1, 0.15) is 31.4 Å². The standard InChI is InChI=1S/C19H24F3N5OS/c1-26-9-14(10-26)28-16-7-15(27(2)13-3-5-19(21,22)6-4-13)24-17(25-16)18-23-12(8-20)11-29-18/h7,11,13-14H,3-6,8-10H2,1-2H3. The number of halogens is 3. The zero-order valence-electron chi connectivity index (χ0n) is 16.4. The largest absolute Gasteiger partial charge is 0.471 e. The van der Waals surface area contributed by atoms with E-state index < -0.39 is 12.6 Å². The Morgan fingerprint density at radius 3 is 2.59 bits per heavy atom. The van der Waals surface area contributed by atoms with Crippen LogP contribution < -0.4 is 9.64 Å². The molecule has 0 aromatic carbocycles. The third-order valence-corrected chi connectivity index (χ3v) is 6.37. The summed E-state index contributed by atoms with van der Waals surface area (Å²) in [5.41, 5.74) is 0.338. The van der Waals surface area contributed by atoms with Gasteiger partial charge in [0.2, 0.25) is 11.8 Å². The Morgan fingerprint density at radius 1 is 1.24 bits per heavy atom. The van der Waals surface area contributed by atoms with E-state index in [2.05, 4.69) is 19.9 Å². The van der Waals surface area contributed by atoms with Gasteiger partial charge in [0.15, 0.2) is 10.8 Å². The van der Waals surface area contributed by atoms with Crippen LogP contribution in [0, 0.1) is 0 Å². The lowest BCUT2D eigenvalue weighted by molar-refractivity contribution is -0.0378. The van der Waals surface area contributed by atoms with Crippen molar-refractivity contribution in [1.82, 2.24) is 19.9 Å². The molecule has 0 amide bonds. The molecule has 0 unspecified atom stereocenters. The van der Waals surface area contributed by atoms with Gasteiger partial charge in [-0.25, -0.2) is 23.1 Å². The van der Waals surface area contributed by atoms with Gasteiger partial charge in [-0.2, -0.15) is 4.98 Å². The number of hydrogen-bond donors (Lipinski definition) is 0. The van der Waals surface area contributed by atoms with E-state index in [-0.39, 0.29) is 25.0 Å². The van der Waals surface area contributed by atoms with E-state index in [9.17, 15) is 13.2 Å². The maximum absolute atomic E-state index is 13.5. The van der Waals surface area contributed by atoms with Crippen LogP contribution in [0.15, 0.2) is 11.4 Å². The van der Waals surface area contributed by atoms with Gasteiger partial charge in [-0.15, -0.1) is 11.3 Å². The Kier molecular flexibility index (Phi) is 5.65. The number of alkyl halides is 3. The molecular weight excluding hydrogens is 403 g/mol. The molecule has 0 atom stereocenters. The highest BCUT2D eigenvalue weighted by molar-refractivity contribution is 7.13. The van der Waals surface area contributed by atoms with Crippen molar-refractivity contribution in [2.75, 3.05) is 32.1 Å². The molecule has 0 spiro atoms. The van der Waals surface area contributed by atoms with Crippen LogP contribution in [0.5, 0.6) is 5.88 Å². The van der Waals surface area contributed by atoms with Gasteiger partial charge in [0.05, 0.1) is 5.69 Å². The first-order chi connectivity index (χ1) is 13.8. The van der Waals surface area contributed by atoms with E-state index in [1.807, 2.05) is 19.0 Å². The summed E-state index contributed by atoms with van der Waals surface area (Å²) in [6.07, 6.45) is 0.603. The van der Waals surface area contributed by atoms with Crippen LogP contribution in [0.2, 0.25) is 0 Å². The summed E-state index contributed by atoms with van der Waals surface area (Å²) < 4.78 is 46.0. The van der Waals surface area contributed by atoms with E-state index in [1.165, 1.54) is 11.3 Å². The highest BCUT2D eigenvalue weighted by Gasteiger charge is 2.36. The first-order valence-electron chi connectivity index (χ1n) is 9.68. The number of thiazole rings is 1. The molecule has 1 aliphatic heterocycles. The lowest BCUT2D eigenvalue weighted by Gasteiger charge is -2.36. The van der Waals surface area contributed by atoms with Crippen molar-refractivity contribution in [3.63, 3.8) is 0 Å². The van der Waals surface area contributed by atoms with E-state index >= 15 is 0 Å². The highest BCUT2D eigenvalue weighted by atomic mass is 32.1. The molecule has 158 valence electrons. The van der Waals surface area contributed by atoms with Crippen LogP contribution in [0.3, 0.4) is 0 Å². The Hall–Kier alpha value is -1.94. The van der Waals surface area contributed by atoms with Crippen molar-refractivity contribution < 1.29 is 17.9 Å². The number of anilines is 1. The molecule has 2 aromatic rings. The fourth-order valence-electron chi connectivity index (χ4n) is 3.71. The van der Waals surface area contributed by atoms with E-state index in [0.717, 1.165) is 13.1 Å². The second kappa shape index (κ2) is 8.06. The lowest BCUT2D eigenvalue weighted by atomic mass is 9.91. The Bertz CT molecular complexity index is 848. The van der Waals surface area contributed by atoms with Gasteiger partial charge in [0, 0.05) is 50.5 Å². The topological polar surface area (TPSA) is 54.4 Å². The fraction of sp³-hybridized carbons (Fsp3) is 0.632. The van der Waals surface area contributed by atoms with Crippen LogP contribution in [-0.2, 0) is 6.67 Å². The first-order valence-corrected chi connectivity index (χ1v) is 10.6. The molecule has 6 nitrogen and oxygen atoms in total. The first kappa shape index (κ1) is 20.3. The summed E-state index contributed by atoms with van der Waals surface area (Å²) in [5, 5.41) is 2.15. The second-order valence-electron chi connectivity index (χ2n) is 7.82. The average Bonchev–Trinajstić information content (AvgIpc) is 3.15. The molecule has 0 N–H and O–H groups in total. The SMILES string of the molecule is CN1CC(Oc2cc(N(C)C3CCC(F)(F)CC3)nc(-c3nc(CF)cs3)n2)C1. The molecule has 1 saturated carbocycles. The third kappa shape index (κ3) is 4.63. The monoisotopic (exact) mass is 427 g/mol. The molecule has 2 aliphatic rings. The molecule has 0 bridgehead atoms. The van der Waals surface area contributed by atoms with Crippen molar-refractivity contribution in [2.45, 2.75) is 50.4 Å². The third-order valence-electron chi connectivity index (χ3n) is 5.48. The number of hydrogen-bond acceptors (Lipinski definition) is 7. The number of ether oxygens (including phenoxy) is 1. The normalized spacial score (nSPS) is 20.4. The van der Waals surface area contributed by atoms with E-state index in [0.29, 0.717) is 41.1 Å². The van der Waals surface area contributed by atoms with Crippen molar-refractivity contribution in [2.24, 2.45) is 0 Å². The summed E-state index contributed by atoms with van der Waals surface area (Å²) in [6, 6.07) is 1.72. The summed E-state index contributed by atoms with van der Waals surface area (Å²) >= 11 is 1.27. The summed E-state index contributed by atoms with van der Waals surface area (Å²) in [5.74, 6) is -1.19. The van der Waals surface area contributed by atoms with Gasteiger partial charge in [0.25, 0.3) is 0 Å². The van der Waals surface area contributed by atoms with E-state index in [1.54, 1.807) is 11.4 Å². The van der Waals surface area contributed by atoms with Crippen molar-refractivity contribution in [3.05, 3.63) is 17.1 Å². The molecule has 3 heterocycles. The van der Waals surface area contributed by atoms with Gasteiger partial charge in [0.1, 0.15) is 18.6 Å². The second-order valence-corrected chi connectivity index (χ2v) is 8.68. The highest BCUT2D eigenvalue weighted by Crippen LogP contribution is 2.36. The van der Waals surface area contributed by atoms with Gasteiger partial charge in [-0.3, -0.25) is 4.90 Å². The molecule has 1 aliphatic carbocycles. The smallest absolute Gasteiger partial charge is 0.248 e. The van der Waals surface area contributed by atoms with Gasteiger partial charge in [-0.1, -0.05) is 0 Å². The minimum absolute atomic E-state index is 0.0299. The van der Waals surface area contributed by atoms with Gasteiger partial charge >= 0.3 is 0 Å². The molecule has 2 fully saturated rings. The average molecular weight is 427 g/mol. The maximum Gasteiger partial charge on any atom is 0.248 e. The van der Waals surface area contributed by atoms with Crippen molar-refractivity contribution in [3.8, 4) is 16.7 Å². The molecular formula is C19H24F3N5OS. The molecule has 0 radical (unpaired) electrons. The van der Waals surface area contributed by atoms with Crippen LogP contribution in [0.25, 0.3) is 10.8 Å². The number of aromatic nitrogens is 3. The van der Waals surface area contributed by atoms with Gasteiger partial charge in [-0.05, 0) is 19.9 Å². The number of nitrogens with zero attached hydrogens (tertiary/aromatic N) is 5. The predicted molar refractivity (Wildman–Crippen MR) is 105 cm³/mol. The van der Waals surface area contributed by atoms with Crippen LogP contribution >= 0.6 is 11.3 Å². The summed E-state index contributed by atoms with van der Waals surface area (Å²) in [7, 11) is 3.87. The number of rotatable bonds is 6. The van der Waals surface area contributed by atoms with Gasteiger partial charge < -0.3 is 9.64 Å². The summed E-state index contributed by atoms with van der Waals surface area (Å²) in [6.45, 7) is 0.973. The Labute approximate surface area is 171 Å². The molecule has 4 rings (SSSR count). The molecule has 1 saturated heterocycles. The predicted octanol–water partition coefficient (Wildman–Crippen LogP) is 3.78. The minimum atomic E-state index is -2.58. The zero-order valence-corrected chi connectivity index (χ0v) is 17.3. The van der Waals surface area contributed by atoms with Crippen molar-refractivity contribution >= 4 is 17.2 Å². The van der Waals surface area contributed by atoms with Crippen LogP contribution in [-0.4, -0.2) is 65.1 Å². The lowest BCUT2D eigenvalue weighted by Crippen LogP contribution is -2.51. The maximum atomic E-state index is 13.5. The Morgan fingerprint density at radius 2 is 1.97 bits per heavy atom. The zero-order chi connectivity index (χ0) is 20.6. The van der Waals surface area contributed by atoms with Crippen molar-refractivity contribution in [1.29, 1.82) is 0 Å². The quantitative estimate of drug-likeness (QED) is 0.700. The van der Waals surface area contributed by atoms with Crippen LogP contribution in [0.4, 0.5) is 19.0 Å². The Balaban J connectivity index is 1.60. The molecule has 2 aromatic heterocycles. The summed E-state index contributed by atoms with van der Waals surface area (Å²) in [4.78, 5) is 17.4. The minimum Gasteiger partial charge on any atom is -0.471 e. The fourth-order valence-corrected chi connectivity index (χ4v) is 4.44.